The maximum atomic E-state index is 10.8. The molecule has 0 aliphatic carbocycles. The number of carbonyl (C=O) groups is 1. The number of rotatable bonds is 2. The smallest absolute Gasteiger partial charge is 0.408 e. The monoisotopic (exact) mass is 271 g/mol. The molecule has 0 saturated heterocycles. The van der Waals surface area contributed by atoms with Gasteiger partial charge in [-0.3, -0.25) is 0 Å². The van der Waals surface area contributed by atoms with Crippen LogP contribution in [0.3, 0.4) is 0 Å². The Balaban J connectivity index is 2.45. The molecule has 1 heterocycles. The van der Waals surface area contributed by atoms with Crippen LogP contribution in [0.4, 0.5) is 4.79 Å². The molecule has 0 atom stereocenters. The summed E-state index contributed by atoms with van der Waals surface area (Å²) >= 11 is 11.0. The molecular formula is C11H7Cl2NO3. The summed E-state index contributed by atoms with van der Waals surface area (Å²) in [6.45, 7) is 1.63. The van der Waals surface area contributed by atoms with Gasteiger partial charge in [0.15, 0.2) is 11.5 Å². The Hall–Kier alpha value is -1.52. The van der Waals surface area contributed by atoms with Crippen molar-refractivity contribution in [2.75, 3.05) is 0 Å². The van der Waals surface area contributed by atoms with Gasteiger partial charge in [-0.15, -0.1) is 0 Å². The highest BCUT2D eigenvalue weighted by molar-refractivity contribution is 6.61. The molecule has 2 aromatic rings. The highest BCUT2D eigenvalue weighted by atomic mass is 35.5. The van der Waals surface area contributed by atoms with Gasteiger partial charge >= 0.3 is 5.43 Å². The molecular weight excluding hydrogens is 265 g/mol. The summed E-state index contributed by atoms with van der Waals surface area (Å²) in [5.74, 6) is 0.594. The second-order valence-corrected chi connectivity index (χ2v) is 4.01. The zero-order valence-electron chi connectivity index (χ0n) is 8.74. The first-order valence-electron chi connectivity index (χ1n) is 4.67. The molecule has 0 fully saturated rings. The second-order valence-electron chi connectivity index (χ2n) is 3.26. The van der Waals surface area contributed by atoms with E-state index < -0.39 is 5.43 Å². The highest BCUT2D eigenvalue weighted by Gasteiger charge is 2.18. The molecule has 0 unspecified atom stereocenters. The van der Waals surface area contributed by atoms with E-state index in [1.165, 1.54) is 0 Å². The van der Waals surface area contributed by atoms with Gasteiger partial charge in [0.25, 0.3) is 0 Å². The van der Waals surface area contributed by atoms with E-state index in [9.17, 15) is 4.79 Å². The number of nitrogens with zero attached hydrogens (tertiary/aromatic N) is 1. The molecule has 6 heteroatoms. The maximum absolute atomic E-state index is 10.8. The fourth-order valence-corrected chi connectivity index (χ4v) is 1.56. The van der Waals surface area contributed by atoms with Crippen LogP contribution in [0.2, 0.25) is 5.02 Å². The van der Waals surface area contributed by atoms with E-state index in [1.807, 2.05) is 0 Å². The van der Waals surface area contributed by atoms with Crippen LogP contribution in [0.5, 0.6) is 5.75 Å². The van der Waals surface area contributed by atoms with Crippen molar-refractivity contribution in [2.24, 2.45) is 0 Å². The van der Waals surface area contributed by atoms with Gasteiger partial charge in [0.05, 0.1) is 0 Å². The average Bonchev–Trinajstić information content (AvgIpc) is 2.61. The lowest BCUT2D eigenvalue weighted by Crippen LogP contribution is -1.97. The lowest BCUT2D eigenvalue weighted by atomic mass is 10.1. The third kappa shape index (κ3) is 2.60. The summed E-state index contributed by atoms with van der Waals surface area (Å²) in [5.41, 5.74) is 0.193. The Morgan fingerprint density at radius 1 is 1.35 bits per heavy atom. The molecule has 2 rings (SSSR count). The van der Waals surface area contributed by atoms with Crippen LogP contribution < -0.4 is 4.74 Å². The lowest BCUT2D eigenvalue weighted by molar-refractivity contribution is 0.224. The fraction of sp³-hybridized carbons (Fsp3) is 0.0909. The van der Waals surface area contributed by atoms with Crippen molar-refractivity contribution in [1.29, 1.82) is 0 Å². The molecule has 0 radical (unpaired) electrons. The van der Waals surface area contributed by atoms with Crippen LogP contribution in [-0.4, -0.2) is 10.6 Å². The molecule has 0 N–H and O–H groups in total. The first kappa shape index (κ1) is 12.0. The molecule has 0 spiro atoms. The van der Waals surface area contributed by atoms with Gasteiger partial charge in [0.2, 0.25) is 5.75 Å². The number of carbonyl (C=O) groups excluding carboxylic acids is 1. The largest absolute Gasteiger partial charge is 0.409 e. The first-order valence-corrected chi connectivity index (χ1v) is 5.43. The quantitative estimate of drug-likeness (QED) is 0.774. The van der Waals surface area contributed by atoms with E-state index >= 15 is 0 Å². The topological polar surface area (TPSA) is 52.3 Å². The molecule has 1 aromatic heterocycles. The van der Waals surface area contributed by atoms with Crippen molar-refractivity contribution >= 4 is 28.6 Å². The standard InChI is InChI=1S/C11H7Cl2NO3/c1-6-10(16-11(13)15)9(14-17-6)7-2-4-8(12)5-3-7/h2-5H,1H3. The molecule has 4 nitrogen and oxygen atoms in total. The molecule has 0 aliphatic heterocycles. The Morgan fingerprint density at radius 3 is 2.59 bits per heavy atom. The number of ether oxygens (including phenoxy) is 1. The van der Waals surface area contributed by atoms with Gasteiger partial charge in [0.1, 0.15) is 0 Å². The van der Waals surface area contributed by atoms with Crippen LogP contribution in [-0.2, 0) is 0 Å². The average molecular weight is 272 g/mol. The Bertz CT molecular complexity index is 548. The Labute approximate surface area is 107 Å². The van der Waals surface area contributed by atoms with Crippen LogP contribution >= 0.6 is 23.2 Å². The first-order chi connectivity index (χ1) is 8.08. The predicted octanol–water partition coefficient (Wildman–Crippen LogP) is 4.04. The van der Waals surface area contributed by atoms with E-state index in [0.717, 1.165) is 5.56 Å². The van der Waals surface area contributed by atoms with Gasteiger partial charge < -0.3 is 9.26 Å². The molecule has 0 bridgehead atoms. The summed E-state index contributed by atoms with van der Waals surface area (Å²) < 4.78 is 9.80. The third-order valence-electron chi connectivity index (χ3n) is 2.11. The molecule has 1 aromatic carbocycles. The van der Waals surface area contributed by atoms with Crippen molar-refractivity contribution in [3.05, 3.63) is 35.0 Å². The third-order valence-corrected chi connectivity index (χ3v) is 2.44. The molecule has 0 aliphatic rings. The summed E-state index contributed by atoms with van der Waals surface area (Å²) in [6, 6.07) is 6.89. The number of benzene rings is 1. The van der Waals surface area contributed by atoms with Crippen molar-refractivity contribution in [1.82, 2.24) is 5.16 Å². The SMILES string of the molecule is Cc1onc(-c2ccc(Cl)cc2)c1OC(=O)Cl. The van der Waals surface area contributed by atoms with Crippen molar-refractivity contribution in [2.45, 2.75) is 6.92 Å². The van der Waals surface area contributed by atoms with Gasteiger partial charge in [0, 0.05) is 29.1 Å². The van der Waals surface area contributed by atoms with Crippen LogP contribution in [0.25, 0.3) is 11.3 Å². The molecule has 0 saturated carbocycles. The van der Waals surface area contributed by atoms with Crippen molar-refractivity contribution in [3.8, 4) is 17.0 Å². The summed E-state index contributed by atoms with van der Waals surface area (Å²) in [7, 11) is 0. The van der Waals surface area contributed by atoms with Crippen LogP contribution in [0.1, 0.15) is 5.76 Å². The zero-order valence-corrected chi connectivity index (χ0v) is 10.2. The Morgan fingerprint density at radius 2 is 2.00 bits per heavy atom. The number of hydrogen-bond donors (Lipinski definition) is 0. The number of halogens is 2. The zero-order chi connectivity index (χ0) is 12.4. The van der Waals surface area contributed by atoms with Gasteiger partial charge in [-0.2, -0.15) is 0 Å². The predicted molar refractivity (Wildman–Crippen MR) is 63.6 cm³/mol. The van der Waals surface area contributed by atoms with Gasteiger partial charge in [-0.05, 0) is 12.1 Å². The lowest BCUT2D eigenvalue weighted by Gasteiger charge is -2.01. The molecule has 17 heavy (non-hydrogen) atoms. The van der Waals surface area contributed by atoms with E-state index in [2.05, 4.69) is 5.16 Å². The summed E-state index contributed by atoms with van der Waals surface area (Å²) in [4.78, 5) is 10.8. The minimum atomic E-state index is -0.938. The van der Waals surface area contributed by atoms with E-state index in [1.54, 1.807) is 31.2 Å². The van der Waals surface area contributed by atoms with Gasteiger partial charge in [-0.1, -0.05) is 28.9 Å². The number of hydrogen-bond acceptors (Lipinski definition) is 4. The fourth-order valence-electron chi connectivity index (χ4n) is 1.36. The van der Waals surface area contributed by atoms with Crippen LogP contribution in [0.15, 0.2) is 28.8 Å². The molecule has 88 valence electrons. The molecule has 0 amide bonds. The maximum Gasteiger partial charge on any atom is 0.409 e. The minimum Gasteiger partial charge on any atom is -0.408 e. The van der Waals surface area contributed by atoms with Crippen molar-refractivity contribution in [3.63, 3.8) is 0 Å². The van der Waals surface area contributed by atoms with E-state index in [0.29, 0.717) is 16.5 Å². The van der Waals surface area contributed by atoms with Crippen LogP contribution in [0, 0.1) is 6.92 Å². The number of aromatic nitrogens is 1. The summed E-state index contributed by atoms with van der Waals surface area (Å²) in [6.07, 6.45) is 0. The minimum absolute atomic E-state index is 0.215. The second kappa shape index (κ2) is 4.77. The highest BCUT2D eigenvalue weighted by Crippen LogP contribution is 2.33. The normalized spacial score (nSPS) is 10.3. The summed E-state index contributed by atoms with van der Waals surface area (Å²) in [5, 5.41) is 4.42. The van der Waals surface area contributed by atoms with E-state index in [4.69, 9.17) is 32.5 Å². The number of aryl methyl sites for hydroxylation is 1. The van der Waals surface area contributed by atoms with Crippen molar-refractivity contribution < 1.29 is 14.1 Å². The van der Waals surface area contributed by atoms with E-state index in [-0.39, 0.29) is 5.75 Å². The van der Waals surface area contributed by atoms with Gasteiger partial charge in [-0.25, -0.2) is 4.79 Å². The Kier molecular flexibility index (Phi) is 3.36.